The van der Waals surface area contributed by atoms with Gasteiger partial charge in [-0.1, -0.05) is 32.9 Å². The Bertz CT molecular complexity index is 1170. The molecule has 1 heterocycles. The third-order valence-corrected chi connectivity index (χ3v) is 6.48. The first-order valence-corrected chi connectivity index (χ1v) is 11.1. The first kappa shape index (κ1) is 22.4. The molecule has 6 nitrogen and oxygen atoms in total. The second-order valence-electron chi connectivity index (χ2n) is 10.0. The molecule has 1 atom stereocenters. The van der Waals surface area contributed by atoms with Crippen LogP contribution >= 0.6 is 0 Å². The molecule has 3 aromatic rings. The van der Waals surface area contributed by atoms with Crippen LogP contribution in [0.15, 0.2) is 42.5 Å². The van der Waals surface area contributed by atoms with Crippen LogP contribution < -0.4 is 5.32 Å². The predicted octanol–water partition coefficient (Wildman–Crippen LogP) is 3.98. The van der Waals surface area contributed by atoms with Crippen molar-refractivity contribution in [2.45, 2.75) is 64.0 Å². The number of aryl methyl sites for hydroxylation is 1. The van der Waals surface area contributed by atoms with Gasteiger partial charge in [0.15, 0.2) is 0 Å². The van der Waals surface area contributed by atoms with Crippen LogP contribution in [0.25, 0.3) is 10.9 Å². The van der Waals surface area contributed by atoms with E-state index < -0.39 is 11.5 Å². The Balaban J connectivity index is 1.64. The van der Waals surface area contributed by atoms with Crippen molar-refractivity contribution in [3.05, 3.63) is 59.3 Å². The highest BCUT2D eigenvalue weighted by Gasteiger charge is 2.51. The number of benzene rings is 2. The largest absolute Gasteiger partial charge is 0.508 e. The van der Waals surface area contributed by atoms with Crippen LogP contribution in [0.1, 0.15) is 50.4 Å². The van der Waals surface area contributed by atoms with E-state index in [4.69, 9.17) is 0 Å². The number of nitrogens with one attached hydrogen (secondary N) is 1. The van der Waals surface area contributed by atoms with E-state index >= 15 is 0 Å². The Hall–Kier alpha value is -2.83. The molecular formula is C26H32N2O4. The Morgan fingerprint density at radius 1 is 1.16 bits per heavy atom. The number of aromatic nitrogens is 1. The fourth-order valence-electron chi connectivity index (χ4n) is 4.36. The number of rotatable bonds is 6. The van der Waals surface area contributed by atoms with Gasteiger partial charge in [-0.05, 0) is 61.2 Å². The van der Waals surface area contributed by atoms with Crippen LogP contribution in [-0.4, -0.2) is 38.5 Å². The van der Waals surface area contributed by atoms with Gasteiger partial charge in [0.25, 0.3) is 0 Å². The predicted molar refractivity (Wildman–Crippen MR) is 126 cm³/mol. The number of hydrogen-bond acceptors (Lipinski definition) is 4. The number of carbonyl (C=O) groups is 1. The third kappa shape index (κ3) is 4.00. The summed E-state index contributed by atoms with van der Waals surface area (Å²) >= 11 is 0. The lowest BCUT2D eigenvalue weighted by Gasteiger charge is -2.23. The maximum Gasteiger partial charge on any atom is 0.235 e. The molecule has 1 aliphatic carbocycles. The van der Waals surface area contributed by atoms with Gasteiger partial charge in [0, 0.05) is 27.7 Å². The van der Waals surface area contributed by atoms with Crippen LogP contribution in [0.3, 0.4) is 0 Å². The number of hydrogen-bond donors (Lipinski definition) is 4. The lowest BCUT2D eigenvalue weighted by Crippen LogP contribution is -2.27. The standard InChI is InChI=1S/C26H32N2O4/c1-16-5-6-18(13-22(16)31)26(9-10-26)24(32)27-19-7-8-21-17(11-19)12-23(25(2,3)4)28(21)14-20(30)15-29/h5-8,11-13,20,29-31H,9-10,14-15H2,1-4H3,(H,27,32)/t20-/m1/s1. The first-order valence-electron chi connectivity index (χ1n) is 11.1. The lowest BCUT2D eigenvalue weighted by molar-refractivity contribution is -0.118. The highest BCUT2D eigenvalue weighted by atomic mass is 16.3. The van der Waals surface area contributed by atoms with Crippen molar-refractivity contribution in [2.75, 3.05) is 11.9 Å². The number of amides is 1. The summed E-state index contributed by atoms with van der Waals surface area (Å²) in [4.78, 5) is 13.2. The quantitative estimate of drug-likeness (QED) is 0.470. The molecule has 1 aromatic heterocycles. The molecule has 0 unspecified atom stereocenters. The van der Waals surface area contributed by atoms with Gasteiger partial charge in [-0.2, -0.15) is 0 Å². The highest BCUT2D eigenvalue weighted by Crippen LogP contribution is 2.50. The average molecular weight is 437 g/mol. The van der Waals surface area contributed by atoms with E-state index in [1.54, 1.807) is 6.07 Å². The third-order valence-electron chi connectivity index (χ3n) is 6.48. The molecule has 2 aromatic carbocycles. The number of anilines is 1. The molecule has 0 radical (unpaired) electrons. The van der Waals surface area contributed by atoms with Crippen molar-refractivity contribution in [1.82, 2.24) is 4.57 Å². The fourth-order valence-corrected chi connectivity index (χ4v) is 4.36. The zero-order valence-corrected chi connectivity index (χ0v) is 19.1. The van der Waals surface area contributed by atoms with Gasteiger partial charge in [-0.25, -0.2) is 0 Å². The summed E-state index contributed by atoms with van der Waals surface area (Å²) in [6.45, 7) is 8.18. The van der Waals surface area contributed by atoms with Crippen molar-refractivity contribution < 1.29 is 20.1 Å². The van der Waals surface area contributed by atoms with Crippen LogP contribution in [0.5, 0.6) is 5.75 Å². The number of aromatic hydroxyl groups is 1. The molecule has 170 valence electrons. The van der Waals surface area contributed by atoms with Crippen LogP contribution in [0.4, 0.5) is 5.69 Å². The maximum atomic E-state index is 13.2. The van der Waals surface area contributed by atoms with Crippen molar-refractivity contribution in [3.63, 3.8) is 0 Å². The molecule has 4 N–H and O–H groups in total. The molecule has 0 aliphatic heterocycles. The molecule has 1 saturated carbocycles. The summed E-state index contributed by atoms with van der Waals surface area (Å²) < 4.78 is 2.04. The van der Waals surface area contributed by atoms with Crippen LogP contribution in [-0.2, 0) is 22.2 Å². The highest BCUT2D eigenvalue weighted by molar-refractivity contribution is 6.02. The second kappa shape index (κ2) is 7.94. The number of phenols is 1. The van der Waals surface area contributed by atoms with Gasteiger partial charge in [0.1, 0.15) is 5.75 Å². The van der Waals surface area contributed by atoms with Gasteiger partial charge in [-0.15, -0.1) is 0 Å². The minimum absolute atomic E-state index is 0.0636. The summed E-state index contributed by atoms with van der Waals surface area (Å²) in [6.07, 6.45) is 0.673. The van der Waals surface area contributed by atoms with Gasteiger partial charge < -0.3 is 25.2 Å². The lowest BCUT2D eigenvalue weighted by atomic mass is 9.92. The zero-order chi connectivity index (χ0) is 23.3. The summed E-state index contributed by atoms with van der Waals surface area (Å²) in [5.74, 6) is 0.149. The molecule has 0 saturated heterocycles. The second-order valence-corrected chi connectivity index (χ2v) is 10.0. The number of aliphatic hydroxyl groups excluding tert-OH is 2. The molecule has 0 bridgehead atoms. The Labute approximate surface area is 188 Å². The van der Waals surface area contributed by atoms with E-state index in [-0.39, 0.29) is 23.7 Å². The molecule has 32 heavy (non-hydrogen) atoms. The minimum Gasteiger partial charge on any atom is -0.508 e. The number of carbonyl (C=O) groups excluding carboxylic acids is 1. The smallest absolute Gasteiger partial charge is 0.235 e. The fraction of sp³-hybridized carbons (Fsp3) is 0.423. The number of fused-ring (bicyclic) bond motifs is 1. The van der Waals surface area contributed by atoms with Gasteiger partial charge >= 0.3 is 0 Å². The molecule has 4 rings (SSSR count). The Morgan fingerprint density at radius 2 is 1.88 bits per heavy atom. The summed E-state index contributed by atoms with van der Waals surface area (Å²) in [5.41, 5.74) is 3.61. The Morgan fingerprint density at radius 3 is 2.47 bits per heavy atom. The summed E-state index contributed by atoms with van der Waals surface area (Å²) in [6, 6.07) is 13.3. The average Bonchev–Trinajstić information content (AvgIpc) is 3.47. The zero-order valence-electron chi connectivity index (χ0n) is 19.1. The number of phenolic OH excluding ortho intramolecular Hbond substituents is 1. The van der Waals surface area contributed by atoms with Crippen molar-refractivity contribution >= 4 is 22.5 Å². The molecule has 1 fully saturated rings. The molecule has 1 amide bonds. The van der Waals surface area contributed by atoms with E-state index in [9.17, 15) is 20.1 Å². The van der Waals surface area contributed by atoms with Crippen LogP contribution in [0.2, 0.25) is 0 Å². The van der Waals surface area contributed by atoms with E-state index in [0.717, 1.165) is 40.6 Å². The summed E-state index contributed by atoms with van der Waals surface area (Å²) in [5, 5.41) is 33.5. The Kier molecular flexibility index (Phi) is 5.55. The van der Waals surface area contributed by atoms with Crippen molar-refractivity contribution in [3.8, 4) is 5.75 Å². The van der Waals surface area contributed by atoms with Gasteiger partial charge in [0.2, 0.25) is 5.91 Å². The first-order chi connectivity index (χ1) is 15.0. The monoisotopic (exact) mass is 436 g/mol. The van der Waals surface area contributed by atoms with Gasteiger partial charge in [-0.3, -0.25) is 4.79 Å². The van der Waals surface area contributed by atoms with Crippen molar-refractivity contribution in [1.29, 1.82) is 0 Å². The minimum atomic E-state index is -0.841. The van der Waals surface area contributed by atoms with E-state index in [1.165, 1.54) is 0 Å². The van der Waals surface area contributed by atoms with Crippen molar-refractivity contribution in [2.24, 2.45) is 0 Å². The van der Waals surface area contributed by atoms with Gasteiger partial charge in [0.05, 0.1) is 24.7 Å². The van der Waals surface area contributed by atoms with Crippen LogP contribution in [0, 0.1) is 6.92 Å². The summed E-state index contributed by atoms with van der Waals surface area (Å²) in [7, 11) is 0. The van der Waals surface area contributed by atoms with E-state index in [1.807, 2.05) is 41.8 Å². The SMILES string of the molecule is Cc1ccc(C2(C(=O)Nc3ccc4c(c3)cc(C(C)(C)C)n4C[C@@H](O)CO)CC2)cc1O. The van der Waals surface area contributed by atoms with E-state index in [0.29, 0.717) is 12.2 Å². The molecule has 6 heteroatoms. The topological polar surface area (TPSA) is 94.7 Å². The maximum absolute atomic E-state index is 13.2. The normalized spacial score (nSPS) is 16.2. The molecular weight excluding hydrogens is 404 g/mol. The molecule has 0 spiro atoms. The number of aliphatic hydroxyl groups is 2. The molecule has 1 aliphatic rings. The number of nitrogens with zero attached hydrogens (tertiary/aromatic N) is 1. The van der Waals surface area contributed by atoms with E-state index in [2.05, 4.69) is 32.2 Å².